The predicted molar refractivity (Wildman–Crippen MR) is 67.0 cm³/mol. The molecule has 0 aliphatic rings. The molecular formula is C12H16FN3O2. The summed E-state index contributed by atoms with van der Waals surface area (Å²) in [6.07, 6.45) is 0. The Balaban J connectivity index is 2.98. The third kappa shape index (κ3) is 2.77. The molecule has 0 spiro atoms. The van der Waals surface area contributed by atoms with Crippen LogP contribution in [0.5, 0.6) is 0 Å². The molecule has 4 N–H and O–H groups in total. The van der Waals surface area contributed by atoms with Crippen molar-refractivity contribution in [1.29, 1.82) is 0 Å². The second kappa shape index (κ2) is 5.03. The molecule has 0 fully saturated rings. The number of anilines is 1. The van der Waals surface area contributed by atoms with Gasteiger partial charge in [-0.1, -0.05) is 11.2 Å². The highest BCUT2D eigenvalue weighted by atomic mass is 19.1. The van der Waals surface area contributed by atoms with Gasteiger partial charge in [0.1, 0.15) is 11.2 Å². The van der Waals surface area contributed by atoms with Gasteiger partial charge < -0.3 is 16.3 Å². The molecule has 0 radical (unpaired) electrons. The van der Waals surface area contributed by atoms with Gasteiger partial charge in [-0.3, -0.25) is 4.79 Å². The normalized spacial score (nSPS) is 12.3. The van der Waals surface area contributed by atoms with E-state index in [0.29, 0.717) is 0 Å². The van der Waals surface area contributed by atoms with Crippen molar-refractivity contribution in [2.24, 2.45) is 16.3 Å². The number of rotatable bonds is 3. The third-order valence-electron chi connectivity index (χ3n) is 2.69. The van der Waals surface area contributed by atoms with E-state index < -0.39 is 17.1 Å². The zero-order valence-electron chi connectivity index (χ0n) is 10.5. The number of aryl methyl sites for hydroxylation is 1. The number of carbonyl (C=O) groups excluding carboxylic acids is 1. The number of nitrogens with zero attached hydrogens (tertiary/aromatic N) is 1. The largest absolute Gasteiger partial charge is 0.409 e. The minimum atomic E-state index is -1.23. The van der Waals surface area contributed by atoms with Crippen LogP contribution in [0.1, 0.15) is 19.4 Å². The molecule has 0 unspecified atom stereocenters. The maximum atomic E-state index is 13.5. The Morgan fingerprint density at radius 2 is 2.11 bits per heavy atom. The Labute approximate surface area is 104 Å². The molecule has 98 valence electrons. The van der Waals surface area contributed by atoms with Crippen molar-refractivity contribution in [2.45, 2.75) is 20.8 Å². The van der Waals surface area contributed by atoms with Crippen LogP contribution in [0.2, 0.25) is 0 Å². The minimum absolute atomic E-state index is 0.0683. The summed E-state index contributed by atoms with van der Waals surface area (Å²) in [6.45, 7) is 4.74. The summed E-state index contributed by atoms with van der Waals surface area (Å²) in [6, 6.07) is 4.37. The van der Waals surface area contributed by atoms with Crippen molar-refractivity contribution in [2.75, 3.05) is 5.32 Å². The summed E-state index contributed by atoms with van der Waals surface area (Å²) in [7, 11) is 0. The van der Waals surface area contributed by atoms with Gasteiger partial charge in [0.15, 0.2) is 5.84 Å². The molecule has 0 heterocycles. The van der Waals surface area contributed by atoms with E-state index in [4.69, 9.17) is 10.9 Å². The second-order valence-corrected chi connectivity index (χ2v) is 4.55. The number of hydrogen-bond acceptors (Lipinski definition) is 3. The standard InChI is InChI=1S/C12H16FN3O2/c1-7-4-5-8(13)9(6-7)15-11(17)12(2,3)10(14)16-18/h4-6,18H,1-3H3,(H2,14,16)(H,15,17). The summed E-state index contributed by atoms with van der Waals surface area (Å²) in [4.78, 5) is 11.9. The number of nitrogens with one attached hydrogen (secondary N) is 1. The SMILES string of the molecule is Cc1ccc(F)c(NC(=O)C(C)(C)C(N)=NO)c1. The van der Waals surface area contributed by atoms with Crippen molar-refractivity contribution in [3.63, 3.8) is 0 Å². The van der Waals surface area contributed by atoms with Gasteiger partial charge in [0.2, 0.25) is 5.91 Å². The lowest BCUT2D eigenvalue weighted by Gasteiger charge is -2.22. The molecule has 0 aliphatic heterocycles. The fourth-order valence-electron chi connectivity index (χ4n) is 1.25. The molecule has 0 atom stereocenters. The van der Waals surface area contributed by atoms with Crippen LogP contribution in [-0.4, -0.2) is 17.0 Å². The zero-order valence-corrected chi connectivity index (χ0v) is 10.5. The van der Waals surface area contributed by atoms with E-state index in [1.165, 1.54) is 26.0 Å². The molecule has 1 rings (SSSR count). The Morgan fingerprint density at radius 3 is 2.67 bits per heavy atom. The molecule has 1 aromatic rings. The minimum Gasteiger partial charge on any atom is -0.409 e. The van der Waals surface area contributed by atoms with Crippen LogP contribution in [-0.2, 0) is 4.79 Å². The molecule has 0 saturated carbocycles. The molecule has 5 nitrogen and oxygen atoms in total. The zero-order chi connectivity index (χ0) is 13.9. The number of carbonyl (C=O) groups is 1. The molecule has 0 saturated heterocycles. The van der Waals surface area contributed by atoms with Gasteiger partial charge >= 0.3 is 0 Å². The van der Waals surface area contributed by atoms with Gasteiger partial charge in [0.05, 0.1) is 5.69 Å². The van der Waals surface area contributed by atoms with Crippen molar-refractivity contribution >= 4 is 17.4 Å². The van der Waals surface area contributed by atoms with Crippen molar-refractivity contribution < 1.29 is 14.4 Å². The highest BCUT2D eigenvalue weighted by Gasteiger charge is 2.33. The van der Waals surface area contributed by atoms with Gasteiger partial charge in [0, 0.05) is 0 Å². The van der Waals surface area contributed by atoms with Crippen LogP contribution in [0.25, 0.3) is 0 Å². The lowest BCUT2D eigenvalue weighted by Crippen LogP contribution is -2.42. The monoisotopic (exact) mass is 253 g/mol. The predicted octanol–water partition coefficient (Wildman–Crippen LogP) is 1.85. The van der Waals surface area contributed by atoms with Crippen LogP contribution in [0, 0.1) is 18.2 Å². The van der Waals surface area contributed by atoms with Crippen LogP contribution in [0.4, 0.5) is 10.1 Å². The van der Waals surface area contributed by atoms with Gasteiger partial charge in [-0.25, -0.2) is 4.39 Å². The van der Waals surface area contributed by atoms with E-state index in [0.717, 1.165) is 5.56 Å². The molecular weight excluding hydrogens is 237 g/mol. The number of oxime groups is 1. The summed E-state index contributed by atoms with van der Waals surface area (Å²) >= 11 is 0. The first-order chi connectivity index (χ1) is 8.28. The maximum Gasteiger partial charge on any atom is 0.237 e. The number of halogens is 1. The number of amides is 1. The molecule has 18 heavy (non-hydrogen) atoms. The Bertz CT molecular complexity index is 498. The van der Waals surface area contributed by atoms with Crippen LogP contribution >= 0.6 is 0 Å². The van der Waals surface area contributed by atoms with Crippen LogP contribution in [0.3, 0.4) is 0 Å². The quantitative estimate of drug-likeness (QED) is 0.332. The highest BCUT2D eigenvalue weighted by molar-refractivity contribution is 6.11. The van der Waals surface area contributed by atoms with E-state index in [1.54, 1.807) is 13.0 Å². The maximum absolute atomic E-state index is 13.5. The van der Waals surface area contributed by atoms with E-state index >= 15 is 0 Å². The molecule has 0 bridgehead atoms. The summed E-state index contributed by atoms with van der Waals surface area (Å²) in [5.41, 5.74) is 5.07. The summed E-state index contributed by atoms with van der Waals surface area (Å²) in [5.74, 6) is -1.33. The lowest BCUT2D eigenvalue weighted by molar-refractivity contribution is -0.121. The van der Waals surface area contributed by atoms with E-state index in [9.17, 15) is 9.18 Å². The number of nitrogens with two attached hydrogens (primary N) is 1. The van der Waals surface area contributed by atoms with E-state index in [1.807, 2.05) is 0 Å². The van der Waals surface area contributed by atoms with Gasteiger partial charge in [0.25, 0.3) is 0 Å². The number of hydrogen-bond donors (Lipinski definition) is 3. The molecule has 1 aromatic carbocycles. The first-order valence-electron chi connectivity index (χ1n) is 5.34. The van der Waals surface area contributed by atoms with Gasteiger partial charge in [-0.05, 0) is 38.5 Å². The summed E-state index contributed by atoms with van der Waals surface area (Å²) in [5, 5.41) is 13.8. The summed E-state index contributed by atoms with van der Waals surface area (Å²) < 4.78 is 13.5. The first kappa shape index (κ1) is 14.0. The average molecular weight is 253 g/mol. The number of amidine groups is 1. The average Bonchev–Trinajstić information content (AvgIpc) is 2.32. The Hall–Kier alpha value is -2.11. The van der Waals surface area contributed by atoms with Crippen molar-refractivity contribution in [3.8, 4) is 0 Å². The smallest absolute Gasteiger partial charge is 0.237 e. The van der Waals surface area contributed by atoms with Crippen LogP contribution in [0.15, 0.2) is 23.4 Å². The fourth-order valence-corrected chi connectivity index (χ4v) is 1.25. The van der Waals surface area contributed by atoms with E-state index in [-0.39, 0.29) is 11.5 Å². The van der Waals surface area contributed by atoms with Crippen molar-refractivity contribution in [3.05, 3.63) is 29.6 Å². The Kier molecular flexibility index (Phi) is 3.90. The highest BCUT2D eigenvalue weighted by Crippen LogP contribution is 2.21. The molecule has 0 aromatic heterocycles. The van der Waals surface area contributed by atoms with Gasteiger partial charge in [-0.2, -0.15) is 0 Å². The van der Waals surface area contributed by atoms with Crippen LogP contribution < -0.4 is 11.1 Å². The topological polar surface area (TPSA) is 87.7 Å². The fraction of sp³-hybridized carbons (Fsp3) is 0.333. The number of benzene rings is 1. The van der Waals surface area contributed by atoms with E-state index in [2.05, 4.69) is 10.5 Å². The second-order valence-electron chi connectivity index (χ2n) is 4.55. The molecule has 6 heteroatoms. The lowest BCUT2D eigenvalue weighted by atomic mass is 9.91. The third-order valence-corrected chi connectivity index (χ3v) is 2.69. The molecule has 1 amide bonds. The van der Waals surface area contributed by atoms with Crippen molar-refractivity contribution in [1.82, 2.24) is 0 Å². The Morgan fingerprint density at radius 1 is 1.50 bits per heavy atom. The molecule has 0 aliphatic carbocycles. The first-order valence-corrected chi connectivity index (χ1v) is 5.34. The van der Waals surface area contributed by atoms with Gasteiger partial charge in [-0.15, -0.1) is 0 Å².